The summed E-state index contributed by atoms with van der Waals surface area (Å²) < 4.78 is 102. The van der Waals surface area contributed by atoms with Crippen LogP contribution in [0.5, 0.6) is 0 Å². The van der Waals surface area contributed by atoms with Crippen molar-refractivity contribution in [2.75, 3.05) is 31.1 Å². The molecule has 1 aliphatic heterocycles. The third kappa shape index (κ3) is 6.58. The molecule has 0 radical (unpaired) electrons. The van der Waals surface area contributed by atoms with Crippen molar-refractivity contribution in [2.24, 2.45) is 0 Å². The summed E-state index contributed by atoms with van der Waals surface area (Å²) in [5, 5.41) is 9.19. The van der Waals surface area contributed by atoms with Gasteiger partial charge in [-0.25, -0.2) is 13.4 Å². The van der Waals surface area contributed by atoms with Gasteiger partial charge in [0.05, 0.1) is 21.9 Å². The molecule has 1 saturated heterocycles. The van der Waals surface area contributed by atoms with E-state index in [0.29, 0.717) is 12.3 Å². The number of benzene rings is 1. The van der Waals surface area contributed by atoms with Gasteiger partial charge in [0.15, 0.2) is 14.7 Å². The van der Waals surface area contributed by atoms with E-state index in [1.807, 2.05) is 0 Å². The summed E-state index contributed by atoms with van der Waals surface area (Å²) in [7, 11) is -4.24. The molecule has 0 aliphatic carbocycles. The van der Waals surface area contributed by atoms with Crippen molar-refractivity contribution in [2.45, 2.75) is 18.1 Å². The van der Waals surface area contributed by atoms with Crippen LogP contribution in [0.3, 0.4) is 0 Å². The molecule has 0 spiro atoms. The number of hydrogen-bond acceptors (Lipinski definition) is 6. The summed E-state index contributed by atoms with van der Waals surface area (Å²) in [5.74, 6) is -0.651. The number of piperazine rings is 1. The van der Waals surface area contributed by atoms with Crippen molar-refractivity contribution in [3.05, 3.63) is 69.3 Å². The number of nitriles is 1. The van der Waals surface area contributed by atoms with E-state index in [1.165, 1.54) is 11.0 Å². The smallest absolute Gasteiger partial charge is 0.372 e. The van der Waals surface area contributed by atoms with E-state index in [9.17, 15) is 40.0 Å². The number of sulfone groups is 1. The van der Waals surface area contributed by atoms with Gasteiger partial charge in [0.25, 0.3) is 0 Å². The molecule has 2 heterocycles. The molecule has 2 aromatic rings. The summed E-state index contributed by atoms with van der Waals surface area (Å²) in [6, 6.07) is 6.19. The zero-order chi connectivity index (χ0) is 26.0. The second kappa shape index (κ2) is 9.94. The van der Waals surface area contributed by atoms with Crippen LogP contribution < -0.4 is 4.90 Å². The SMILES string of the molecule is N#CC(=CN1CCN(c2ncc(C(F)(F)F)cc2Cl)CC1)S(=O)(=O)Cc1cccc(C(F)(F)F)c1. The minimum absolute atomic E-state index is 0.117. The molecule has 0 bridgehead atoms. The van der Waals surface area contributed by atoms with Crippen LogP contribution in [0.15, 0.2) is 47.6 Å². The normalized spacial score (nSPS) is 15.8. The Balaban J connectivity index is 1.71. The molecule has 35 heavy (non-hydrogen) atoms. The second-order valence-electron chi connectivity index (χ2n) is 7.61. The maximum Gasteiger partial charge on any atom is 0.417 e. The molecular formula is C21H17ClF6N4O2S. The van der Waals surface area contributed by atoms with E-state index >= 15 is 0 Å². The standard InChI is InChI=1S/C21H17ClF6N4O2S/c22-18-9-16(21(26,27)28)11-30-19(18)32-6-4-31(5-7-32)12-17(10-29)35(33,34)13-14-2-1-3-15(8-14)20(23,24)25/h1-3,8-9,11-12H,4-7,13H2. The largest absolute Gasteiger partial charge is 0.417 e. The molecule has 0 N–H and O–H groups in total. The van der Waals surface area contributed by atoms with Crippen LogP contribution in [-0.4, -0.2) is 44.5 Å². The molecule has 188 valence electrons. The van der Waals surface area contributed by atoms with Crippen LogP contribution >= 0.6 is 11.6 Å². The number of nitrogens with zero attached hydrogens (tertiary/aromatic N) is 4. The highest BCUT2D eigenvalue weighted by molar-refractivity contribution is 7.94. The molecule has 0 atom stereocenters. The molecule has 0 amide bonds. The van der Waals surface area contributed by atoms with E-state index in [1.54, 1.807) is 11.0 Å². The van der Waals surface area contributed by atoms with E-state index in [2.05, 4.69) is 4.98 Å². The van der Waals surface area contributed by atoms with Gasteiger partial charge in [0.2, 0.25) is 0 Å². The number of allylic oxidation sites excluding steroid dienone is 1. The van der Waals surface area contributed by atoms with Crippen molar-refractivity contribution < 1.29 is 34.8 Å². The maximum atomic E-state index is 12.9. The Labute approximate surface area is 201 Å². The highest BCUT2D eigenvalue weighted by Gasteiger charge is 2.33. The first-order chi connectivity index (χ1) is 16.2. The zero-order valence-corrected chi connectivity index (χ0v) is 19.3. The van der Waals surface area contributed by atoms with Gasteiger partial charge in [-0.15, -0.1) is 0 Å². The number of halogens is 7. The van der Waals surface area contributed by atoms with Crippen LogP contribution in [0.1, 0.15) is 16.7 Å². The third-order valence-corrected chi connectivity index (χ3v) is 6.98. The Hall–Kier alpha value is -2.98. The highest BCUT2D eigenvalue weighted by atomic mass is 35.5. The van der Waals surface area contributed by atoms with Crippen molar-refractivity contribution in [3.8, 4) is 6.07 Å². The summed E-state index contributed by atoms with van der Waals surface area (Å²) in [6.07, 6.45) is -7.45. The molecular weight excluding hydrogens is 522 g/mol. The number of rotatable bonds is 5. The number of anilines is 1. The summed E-state index contributed by atoms with van der Waals surface area (Å²) in [4.78, 5) is 6.32. The van der Waals surface area contributed by atoms with E-state index in [-0.39, 0.29) is 42.6 Å². The van der Waals surface area contributed by atoms with Gasteiger partial charge in [-0.3, -0.25) is 0 Å². The van der Waals surface area contributed by atoms with E-state index in [4.69, 9.17) is 11.6 Å². The predicted molar refractivity (Wildman–Crippen MR) is 116 cm³/mol. The molecule has 14 heteroatoms. The average Bonchev–Trinajstić information content (AvgIpc) is 2.76. The average molecular weight is 539 g/mol. The summed E-state index contributed by atoms with van der Waals surface area (Å²) >= 11 is 5.97. The van der Waals surface area contributed by atoms with Gasteiger partial charge in [0.1, 0.15) is 11.9 Å². The summed E-state index contributed by atoms with van der Waals surface area (Å²) in [5.41, 5.74) is -2.11. The van der Waals surface area contributed by atoms with Gasteiger partial charge < -0.3 is 9.80 Å². The van der Waals surface area contributed by atoms with Gasteiger partial charge >= 0.3 is 12.4 Å². The number of aromatic nitrogens is 1. The second-order valence-corrected chi connectivity index (χ2v) is 9.98. The van der Waals surface area contributed by atoms with E-state index in [0.717, 1.165) is 24.4 Å². The molecule has 1 fully saturated rings. The Morgan fingerprint density at radius 2 is 1.69 bits per heavy atom. The topological polar surface area (TPSA) is 77.3 Å². The molecule has 6 nitrogen and oxygen atoms in total. The Bertz CT molecular complexity index is 1260. The van der Waals surface area contributed by atoms with Crippen molar-refractivity contribution in [1.82, 2.24) is 9.88 Å². The monoisotopic (exact) mass is 538 g/mol. The summed E-state index contributed by atoms with van der Waals surface area (Å²) in [6.45, 7) is 0.842. The molecule has 1 aromatic heterocycles. The van der Waals surface area contributed by atoms with Crippen LogP contribution in [0.4, 0.5) is 32.2 Å². The molecule has 0 saturated carbocycles. The quantitative estimate of drug-likeness (QED) is 0.399. The lowest BCUT2D eigenvalue weighted by Gasteiger charge is -2.35. The minimum atomic E-state index is -4.64. The minimum Gasteiger partial charge on any atom is -0.372 e. The lowest BCUT2D eigenvalue weighted by Crippen LogP contribution is -2.44. The Kier molecular flexibility index (Phi) is 7.56. The van der Waals surface area contributed by atoms with Gasteiger partial charge in [0, 0.05) is 38.6 Å². The van der Waals surface area contributed by atoms with Gasteiger partial charge in [-0.05, 0) is 17.7 Å². The maximum absolute atomic E-state index is 12.9. The fraction of sp³-hybridized carbons (Fsp3) is 0.333. The predicted octanol–water partition coefficient (Wildman–Crippen LogP) is 4.87. The molecule has 1 aromatic carbocycles. The lowest BCUT2D eigenvalue weighted by molar-refractivity contribution is -0.138. The van der Waals surface area contributed by atoms with Crippen LogP contribution in [0.2, 0.25) is 5.02 Å². The van der Waals surface area contributed by atoms with Crippen molar-refractivity contribution in [1.29, 1.82) is 5.26 Å². The molecule has 1 aliphatic rings. The third-order valence-electron chi connectivity index (χ3n) is 5.12. The number of hydrogen-bond donors (Lipinski definition) is 0. The fourth-order valence-corrected chi connectivity index (χ4v) is 4.87. The van der Waals surface area contributed by atoms with Gasteiger partial charge in [-0.1, -0.05) is 29.8 Å². The molecule has 3 rings (SSSR count). The first kappa shape index (κ1) is 26.6. The Morgan fingerprint density at radius 3 is 2.23 bits per heavy atom. The number of pyridine rings is 1. The van der Waals surface area contributed by atoms with Crippen molar-refractivity contribution >= 4 is 27.3 Å². The van der Waals surface area contributed by atoms with Crippen LogP contribution in [0, 0.1) is 11.3 Å². The first-order valence-electron chi connectivity index (χ1n) is 9.93. The highest BCUT2D eigenvalue weighted by Crippen LogP contribution is 2.34. The number of alkyl halides is 6. The van der Waals surface area contributed by atoms with Gasteiger partial charge in [-0.2, -0.15) is 31.6 Å². The van der Waals surface area contributed by atoms with E-state index < -0.39 is 44.0 Å². The fourth-order valence-electron chi connectivity index (χ4n) is 3.36. The van der Waals surface area contributed by atoms with Crippen LogP contribution in [0.25, 0.3) is 0 Å². The zero-order valence-electron chi connectivity index (χ0n) is 17.7. The Morgan fingerprint density at radius 1 is 1.06 bits per heavy atom. The van der Waals surface area contributed by atoms with Crippen molar-refractivity contribution in [3.63, 3.8) is 0 Å². The lowest BCUT2D eigenvalue weighted by atomic mass is 10.1. The first-order valence-corrected chi connectivity index (χ1v) is 12.0. The molecule has 0 unspecified atom stereocenters. The van der Waals surface area contributed by atoms with Crippen LogP contribution in [-0.2, 0) is 27.9 Å².